The number of nitrogens with zero attached hydrogens (tertiary/aromatic N) is 2. The van der Waals surface area contributed by atoms with Crippen LogP contribution >= 0.6 is 0 Å². The molecule has 0 bridgehead atoms. The predicted octanol–water partition coefficient (Wildman–Crippen LogP) is 2.45. The van der Waals surface area contributed by atoms with Gasteiger partial charge in [0.15, 0.2) is 0 Å². The fraction of sp³-hybridized carbons (Fsp3) is 0.812. The molecule has 20 heavy (non-hydrogen) atoms. The Morgan fingerprint density at radius 1 is 1.45 bits per heavy atom. The molecule has 112 valence electrons. The van der Waals surface area contributed by atoms with Gasteiger partial charge in [0, 0.05) is 31.6 Å². The van der Waals surface area contributed by atoms with E-state index in [0.29, 0.717) is 18.0 Å². The Morgan fingerprint density at radius 3 is 2.85 bits per heavy atom. The number of nitrogens with one attached hydrogen (secondary N) is 1. The largest absolute Gasteiger partial charge is 0.444 e. The summed E-state index contributed by atoms with van der Waals surface area (Å²) in [5.74, 6) is 3.43. The molecule has 2 fully saturated rings. The highest BCUT2D eigenvalue weighted by molar-refractivity contribution is 4.98. The zero-order valence-corrected chi connectivity index (χ0v) is 12.9. The second-order valence-electron chi connectivity index (χ2n) is 6.67. The molecule has 3 rings (SSSR count). The first kappa shape index (κ1) is 14.1. The maximum atomic E-state index is 5.80. The average molecular weight is 277 g/mol. The van der Waals surface area contributed by atoms with Gasteiger partial charge in [-0.3, -0.25) is 4.90 Å². The van der Waals surface area contributed by atoms with E-state index >= 15 is 0 Å². The summed E-state index contributed by atoms with van der Waals surface area (Å²) in [6, 6.07) is 1.26. The molecule has 1 aliphatic heterocycles. The molecule has 1 saturated carbocycles. The van der Waals surface area contributed by atoms with E-state index in [1.54, 1.807) is 0 Å². The summed E-state index contributed by atoms with van der Waals surface area (Å²) in [6.07, 6.45) is 5.60. The molecule has 2 atom stereocenters. The molecule has 0 aromatic carbocycles. The molecule has 2 unspecified atom stereocenters. The van der Waals surface area contributed by atoms with Gasteiger partial charge in [0.1, 0.15) is 5.76 Å². The second-order valence-corrected chi connectivity index (χ2v) is 6.67. The molecule has 1 saturated heterocycles. The molecule has 0 amide bonds. The molecule has 1 aromatic heterocycles. The highest BCUT2D eigenvalue weighted by Crippen LogP contribution is 2.35. The maximum Gasteiger partial charge on any atom is 0.208 e. The molecule has 1 N–H and O–H groups in total. The van der Waals surface area contributed by atoms with E-state index in [1.165, 1.54) is 12.8 Å². The molecule has 0 spiro atoms. The molecular formula is C16H27N3O. The number of hydrogen-bond acceptors (Lipinski definition) is 4. The topological polar surface area (TPSA) is 41.3 Å². The van der Waals surface area contributed by atoms with Crippen molar-refractivity contribution in [2.45, 2.75) is 58.7 Å². The van der Waals surface area contributed by atoms with Crippen molar-refractivity contribution in [1.29, 1.82) is 0 Å². The van der Waals surface area contributed by atoms with Gasteiger partial charge in [-0.1, -0.05) is 20.8 Å². The minimum atomic E-state index is 0.585. The minimum absolute atomic E-state index is 0.585. The van der Waals surface area contributed by atoms with Crippen molar-refractivity contribution in [2.75, 3.05) is 13.1 Å². The van der Waals surface area contributed by atoms with E-state index < -0.39 is 0 Å². The Labute approximate surface area is 121 Å². The van der Waals surface area contributed by atoms with Crippen molar-refractivity contribution in [2.24, 2.45) is 11.8 Å². The van der Waals surface area contributed by atoms with Crippen LogP contribution in [0.3, 0.4) is 0 Å². The van der Waals surface area contributed by atoms with Crippen LogP contribution < -0.4 is 5.32 Å². The number of oxazole rings is 1. The van der Waals surface area contributed by atoms with Crippen LogP contribution in [0.15, 0.2) is 10.6 Å². The third-order valence-electron chi connectivity index (χ3n) is 4.74. The van der Waals surface area contributed by atoms with E-state index in [-0.39, 0.29) is 0 Å². The number of piperazine rings is 1. The van der Waals surface area contributed by atoms with E-state index in [4.69, 9.17) is 4.42 Å². The number of aryl methyl sites for hydroxylation is 1. The van der Waals surface area contributed by atoms with Crippen LogP contribution in [-0.2, 0) is 13.0 Å². The predicted molar refractivity (Wildman–Crippen MR) is 79.4 cm³/mol. The van der Waals surface area contributed by atoms with Crippen LogP contribution in [-0.4, -0.2) is 35.1 Å². The van der Waals surface area contributed by atoms with E-state index in [1.807, 2.05) is 6.20 Å². The first-order valence-corrected chi connectivity index (χ1v) is 8.08. The van der Waals surface area contributed by atoms with Gasteiger partial charge < -0.3 is 9.73 Å². The molecule has 2 heterocycles. The molecule has 1 aliphatic carbocycles. The summed E-state index contributed by atoms with van der Waals surface area (Å²) in [5, 5.41) is 3.75. The van der Waals surface area contributed by atoms with Gasteiger partial charge in [-0.05, 0) is 24.7 Å². The van der Waals surface area contributed by atoms with Crippen molar-refractivity contribution >= 4 is 0 Å². The standard InChI is InChI=1S/C16H27N3O/c1-4-13-7-18-16(20-13)10-19-9-14(12-5-6-12)17-8-15(19)11(2)3/h7,11-12,14-15,17H,4-6,8-10H2,1-3H3. The van der Waals surface area contributed by atoms with Gasteiger partial charge in [0.05, 0.1) is 12.7 Å². The van der Waals surface area contributed by atoms with Crippen LogP contribution in [0.2, 0.25) is 0 Å². The Balaban J connectivity index is 1.68. The molecule has 0 radical (unpaired) electrons. The normalized spacial score (nSPS) is 28.2. The van der Waals surface area contributed by atoms with Gasteiger partial charge in [0.25, 0.3) is 0 Å². The lowest BCUT2D eigenvalue weighted by Crippen LogP contribution is -2.58. The summed E-state index contributed by atoms with van der Waals surface area (Å²) in [4.78, 5) is 7.01. The smallest absolute Gasteiger partial charge is 0.208 e. The van der Waals surface area contributed by atoms with Gasteiger partial charge >= 0.3 is 0 Å². The molecule has 4 nitrogen and oxygen atoms in total. The number of rotatable bonds is 5. The Morgan fingerprint density at radius 2 is 2.25 bits per heavy atom. The highest BCUT2D eigenvalue weighted by atomic mass is 16.4. The first-order chi connectivity index (χ1) is 9.67. The fourth-order valence-corrected chi connectivity index (χ4v) is 3.27. The van der Waals surface area contributed by atoms with E-state index in [2.05, 4.69) is 36.0 Å². The molecular weight excluding hydrogens is 250 g/mol. The van der Waals surface area contributed by atoms with Gasteiger partial charge in [-0.15, -0.1) is 0 Å². The van der Waals surface area contributed by atoms with Crippen LogP contribution in [0, 0.1) is 11.8 Å². The third-order valence-corrected chi connectivity index (χ3v) is 4.74. The summed E-state index contributed by atoms with van der Waals surface area (Å²) in [6.45, 7) is 9.81. The minimum Gasteiger partial charge on any atom is -0.444 e. The van der Waals surface area contributed by atoms with Crippen LogP contribution in [0.4, 0.5) is 0 Å². The fourth-order valence-electron chi connectivity index (χ4n) is 3.27. The molecule has 2 aliphatic rings. The lowest BCUT2D eigenvalue weighted by Gasteiger charge is -2.42. The zero-order valence-electron chi connectivity index (χ0n) is 12.9. The van der Waals surface area contributed by atoms with Crippen molar-refractivity contribution < 1.29 is 4.42 Å². The quantitative estimate of drug-likeness (QED) is 0.897. The van der Waals surface area contributed by atoms with Crippen LogP contribution in [0.25, 0.3) is 0 Å². The average Bonchev–Trinajstić information content (AvgIpc) is 3.19. The van der Waals surface area contributed by atoms with Gasteiger partial charge in [-0.2, -0.15) is 0 Å². The van der Waals surface area contributed by atoms with Crippen LogP contribution in [0.5, 0.6) is 0 Å². The zero-order chi connectivity index (χ0) is 14.1. The lowest BCUT2D eigenvalue weighted by molar-refractivity contribution is 0.0765. The first-order valence-electron chi connectivity index (χ1n) is 8.08. The van der Waals surface area contributed by atoms with Crippen LogP contribution in [0.1, 0.15) is 45.3 Å². The lowest BCUT2D eigenvalue weighted by atomic mass is 9.97. The Hall–Kier alpha value is -0.870. The second kappa shape index (κ2) is 5.86. The summed E-state index contributed by atoms with van der Waals surface area (Å²) >= 11 is 0. The van der Waals surface area contributed by atoms with Crippen molar-refractivity contribution in [3.8, 4) is 0 Å². The van der Waals surface area contributed by atoms with Crippen molar-refractivity contribution in [3.63, 3.8) is 0 Å². The van der Waals surface area contributed by atoms with E-state index in [9.17, 15) is 0 Å². The maximum absolute atomic E-state index is 5.80. The van der Waals surface area contributed by atoms with E-state index in [0.717, 1.165) is 43.6 Å². The summed E-state index contributed by atoms with van der Waals surface area (Å²) in [7, 11) is 0. The van der Waals surface area contributed by atoms with Gasteiger partial charge in [-0.25, -0.2) is 4.98 Å². The number of aromatic nitrogens is 1. The monoisotopic (exact) mass is 277 g/mol. The third kappa shape index (κ3) is 3.07. The Kier molecular flexibility index (Phi) is 4.13. The molecule has 4 heteroatoms. The SMILES string of the molecule is CCc1cnc(CN2CC(C3CC3)NCC2C(C)C)o1. The van der Waals surface area contributed by atoms with Crippen molar-refractivity contribution in [3.05, 3.63) is 17.8 Å². The Bertz CT molecular complexity index is 439. The highest BCUT2D eigenvalue weighted by Gasteiger charge is 2.38. The number of hydrogen-bond donors (Lipinski definition) is 1. The summed E-state index contributed by atoms with van der Waals surface area (Å²) in [5.41, 5.74) is 0. The summed E-state index contributed by atoms with van der Waals surface area (Å²) < 4.78 is 5.80. The van der Waals surface area contributed by atoms with Crippen molar-refractivity contribution in [1.82, 2.24) is 15.2 Å². The van der Waals surface area contributed by atoms with Gasteiger partial charge in [0.2, 0.25) is 5.89 Å². The molecule has 1 aromatic rings.